The van der Waals surface area contributed by atoms with E-state index in [4.69, 9.17) is 23.2 Å². The first-order chi connectivity index (χ1) is 18.6. The van der Waals surface area contributed by atoms with Crippen LogP contribution >= 0.6 is 23.2 Å². The molecule has 11 heteroatoms. The summed E-state index contributed by atoms with van der Waals surface area (Å²) in [4.78, 5) is 30.1. The van der Waals surface area contributed by atoms with Gasteiger partial charge in [-0.1, -0.05) is 59.1 Å². The highest BCUT2D eigenvalue weighted by atomic mass is 35.5. The highest BCUT2D eigenvalue weighted by Gasteiger charge is 2.28. The summed E-state index contributed by atoms with van der Waals surface area (Å²) in [6, 6.07) is 20.6. The molecule has 2 N–H and O–H groups in total. The number of pyridine rings is 1. The van der Waals surface area contributed by atoms with Crippen LogP contribution in [-0.4, -0.2) is 31.8 Å². The Morgan fingerprint density at radius 2 is 1.67 bits per heavy atom. The standard InChI is InChI=1S/C28H24Cl2N4O4S/c1-19-8-11-22(12-9-19)39(37,38)34(21-10-13-24(29)25(30)15-21)18-27(35)33-26-7-3-2-6-23(26)28(36)32-17-20-5-4-14-31-16-20/h2-16H,17-18H2,1H3,(H,32,36)(H,33,35). The number of nitrogens with zero attached hydrogens (tertiary/aromatic N) is 2. The molecule has 1 heterocycles. The first-order valence-electron chi connectivity index (χ1n) is 11.8. The third-order valence-electron chi connectivity index (χ3n) is 5.71. The maximum absolute atomic E-state index is 13.6. The van der Waals surface area contributed by atoms with Crippen LogP contribution in [0.25, 0.3) is 0 Å². The normalized spacial score (nSPS) is 11.1. The smallest absolute Gasteiger partial charge is 0.264 e. The number of anilines is 2. The van der Waals surface area contributed by atoms with Crippen molar-refractivity contribution in [2.24, 2.45) is 0 Å². The number of rotatable bonds is 9. The van der Waals surface area contributed by atoms with E-state index in [0.717, 1.165) is 15.4 Å². The predicted octanol–water partition coefficient (Wildman–Crippen LogP) is 5.46. The fourth-order valence-electron chi connectivity index (χ4n) is 3.68. The zero-order valence-corrected chi connectivity index (χ0v) is 23.1. The van der Waals surface area contributed by atoms with Crippen molar-refractivity contribution in [1.29, 1.82) is 0 Å². The van der Waals surface area contributed by atoms with Gasteiger partial charge >= 0.3 is 0 Å². The SMILES string of the molecule is Cc1ccc(S(=O)(=O)N(CC(=O)Nc2ccccc2C(=O)NCc2cccnc2)c2ccc(Cl)c(Cl)c2)cc1. The molecule has 0 aliphatic rings. The lowest BCUT2D eigenvalue weighted by Crippen LogP contribution is -2.38. The van der Waals surface area contributed by atoms with Crippen molar-refractivity contribution in [3.63, 3.8) is 0 Å². The third kappa shape index (κ3) is 6.94. The second-order valence-corrected chi connectivity index (χ2v) is 11.2. The fourth-order valence-corrected chi connectivity index (χ4v) is 5.39. The van der Waals surface area contributed by atoms with E-state index in [1.165, 1.54) is 30.3 Å². The van der Waals surface area contributed by atoms with Gasteiger partial charge in [0, 0.05) is 18.9 Å². The van der Waals surface area contributed by atoms with Gasteiger partial charge in [-0.25, -0.2) is 8.42 Å². The topological polar surface area (TPSA) is 108 Å². The van der Waals surface area contributed by atoms with Crippen molar-refractivity contribution in [3.05, 3.63) is 118 Å². The first kappa shape index (κ1) is 28.1. The van der Waals surface area contributed by atoms with Crippen molar-refractivity contribution in [2.45, 2.75) is 18.4 Å². The van der Waals surface area contributed by atoms with E-state index in [9.17, 15) is 18.0 Å². The van der Waals surface area contributed by atoms with E-state index in [1.54, 1.807) is 54.9 Å². The molecular weight excluding hydrogens is 559 g/mol. The minimum atomic E-state index is -4.17. The molecule has 0 aliphatic heterocycles. The lowest BCUT2D eigenvalue weighted by Gasteiger charge is -2.25. The van der Waals surface area contributed by atoms with Crippen LogP contribution in [0.2, 0.25) is 10.0 Å². The molecular formula is C28H24Cl2N4O4S. The van der Waals surface area contributed by atoms with Gasteiger partial charge in [0.1, 0.15) is 6.54 Å². The zero-order chi connectivity index (χ0) is 28.0. The van der Waals surface area contributed by atoms with Crippen LogP contribution < -0.4 is 14.9 Å². The Hall–Kier alpha value is -3.92. The largest absolute Gasteiger partial charge is 0.348 e. The van der Waals surface area contributed by atoms with Crippen LogP contribution in [0.4, 0.5) is 11.4 Å². The van der Waals surface area contributed by atoms with Gasteiger partial charge in [0.15, 0.2) is 0 Å². The van der Waals surface area contributed by atoms with Crippen molar-refractivity contribution >= 4 is 56.4 Å². The van der Waals surface area contributed by atoms with Gasteiger partial charge in [0.05, 0.1) is 31.9 Å². The summed E-state index contributed by atoms with van der Waals surface area (Å²) in [5, 5.41) is 5.84. The second-order valence-electron chi connectivity index (χ2n) is 8.56. The molecule has 0 atom stereocenters. The molecule has 3 aromatic carbocycles. The molecule has 0 bridgehead atoms. The quantitative estimate of drug-likeness (QED) is 0.272. The Morgan fingerprint density at radius 1 is 0.923 bits per heavy atom. The lowest BCUT2D eigenvalue weighted by molar-refractivity contribution is -0.114. The van der Waals surface area contributed by atoms with E-state index in [-0.39, 0.29) is 38.4 Å². The number of aromatic nitrogens is 1. The average Bonchev–Trinajstić information content (AvgIpc) is 2.93. The van der Waals surface area contributed by atoms with Crippen molar-refractivity contribution < 1.29 is 18.0 Å². The van der Waals surface area contributed by atoms with Crippen LogP contribution in [-0.2, 0) is 21.4 Å². The summed E-state index contributed by atoms with van der Waals surface area (Å²) in [5.74, 6) is -1.08. The molecule has 8 nitrogen and oxygen atoms in total. The lowest BCUT2D eigenvalue weighted by atomic mass is 10.1. The Labute approximate surface area is 236 Å². The van der Waals surface area contributed by atoms with Crippen molar-refractivity contribution in [1.82, 2.24) is 10.3 Å². The number of carbonyl (C=O) groups excluding carboxylic acids is 2. The van der Waals surface area contributed by atoms with E-state index >= 15 is 0 Å². The monoisotopic (exact) mass is 582 g/mol. The van der Waals surface area contributed by atoms with E-state index in [2.05, 4.69) is 15.6 Å². The number of hydrogen-bond acceptors (Lipinski definition) is 5. The third-order valence-corrected chi connectivity index (χ3v) is 8.24. The number of carbonyl (C=O) groups is 2. The summed E-state index contributed by atoms with van der Waals surface area (Å²) in [7, 11) is -4.17. The minimum absolute atomic E-state index is 0.00199. The minimum Gasteiger partial charge on any atom is -0.348 e. The van der Waals surface area contributed by atoms with Gasteiger partial charge < -0.3 is 10.6 Å². The van der Waals surface area contributed by atoms with Crippen LogP contribution in [0.3, 0.4) is 0 Å². The van der Waals surface area contributed by atoms with Crippen molar-refractivity contribution in [3.8, 4) is 0 Å². The number of para-hydroxylation sites is 1. The van der Waals surface area contributed by atoms with Gasteiger partial charge in [0.25, 0.3) is 15.9 Å². The van der Waals surface area contributed by atoms with Gasteiger partial charge in [0.2, 0.25) is 5.91 Å². The number of hydrogen-bond donors (Lipinski definition) is 2. The van der Waals surface area contributed by atoms with Crippen LogP contribution in [0.15, 0.2) is 96.2 Å². The number of sulfonamides is 1. The molecule has 2 amide bonds. The molecule has 200 valence electrons. The van der Waals surface area contributed by atoms with Crippen LogP contribution in [0.5, 0.6) is 0 Å². The highest BCUT2D eigenvalue weighted by molar-refractivity contribution is 7.92. The molecule has 0 fully saturated rings. The second kappa shape index (κ2) is 12.3. The summed E-state index contributed by atoms with van der Waals surface area (Å²) in [6.45, 7) is 1.50. The number of halogens is 2. The van der Waals surface area contributed by atoms with Gasteiger partial charge in [-0.2, -0.15) is 0 Å². The molecule has 0 unspecified atom stereocenters. The molecule has 1 aromatic heterocycles. The Morgan fingerprint density at radius 3 is 2.36 bits per heavy atom. The summed E-state index contributed by atoms with van der Waals surface area (Å²) < 4.78 is 28.2. The van der Waals surface area contributed by atoms with Gasteiger partial charge in [-0.15, -0.1) is 0 Å². The molecule has 0 spiro atoms. The summed E-state index contributed by atoms with van der Waals surface area (Å²) in [6.07, 6.45) is 3.27. The predicted molar refractivity (Wildman–Crippen MR) is 153 cm³/mol. The summed E-state index contributed by atoms with van der Waals surface area (Å²) >= 11 is 12.2. The zero-order valence-electron chi connectivity index (χ0n) is 20.8. The van der Waals surface area contributed by atoms with Crippen LogP contribution in [0, 0.1) is 6.92 Å². The number of aryl methyl sites for hydroxylation is 1. The van der Waals surface area contributed by atoms with Gasteiger partial charge in [-0.05, 0) is 61.0 Å². The van der Waals surface area contributed by atoms with E-state index in [0.29, 0.717) is 0 Å². The Kier molecular flexibility index (Phi) is 8.86. The van der Waals surface area contributed by atoms with E-state index < -0.39 is 28.4 Å². The Balaban J connectivity index is 1.58. The van der Waals surface area contributed by atoms with Gasteiger partial charge in [-0.3, -0.25) is 18.9 Å². The highest BCUT2D eigenvalue weighted by Crippen LogP contribution is 2.30. The average molecular weight is 583 g/mol. The number of amides is 2. The van der Waals surface area contributed by atoms with E-state index in [1.807, 2.05) is 13.0 Å². The molecule has 0 radical (unpaired) electrons. The Bertz CT molecular complexity index is 1600. The van der Waals surface area contributed by atoms with Crippen LogP contribution in [0.1, 0.15) is 21.5 Å². The number of nitrogens with one attached hydrogen (secondary N) is 2. The fraction of sp³-hybridized carbons (Fsp3) is 0.107. The molecule has 0 saturated heterocycles. The number of benzene rings is 3. The maximum Gasteiger partial charge on any atom is 0.264 e. The summed E-state index contributed by atoms with van der Waals surface area (Å²) in [5.41, 5.74) is 2.30. The molecule has 0 aliphatic carbocycles. The molecule has 39 heavy (non-hydrogen) atoms. The molecule has 0 saturated carbocycles. The molecule has 4 aromatic rings. The maximum atomic E-state index is 13.6. The van der Waals surface area contributed by atoms with Crippen molar-refractivity contribution in [2.75, 3.05) is 16.2 Å². The first-order valence-corrected chi connectivity index (χ1v) is 13.9. The molecule has 4 rings (SSSR count).